The quantitative estimate of drug-likeness (QED) is 0.345. The number of halogens is 2. The van der Waals surface area contributed by atoms with Gasteiger partial charge in [-0.2, -0.15) is 0 Å². The Morgan fingerprint density at radius 1 is 1.10 bits per heavy atom. The number of pyridine rings is 1. The highest BCUT2D eigenvalue weighted by molar-refractivity contribution is 5.89. The third kappa shape index (κ3) is 4.32. The number of nitrogens with zero attached hydrogens (tertiary/aromatic N) is 2. The molecule has 1 aromatic heterocycles. The maximum absolute atomic E-state index is 14.4. The van der Waals surface area contributed by atoms with Crippen molar-refractivity contribution in [2.45, 2.75) is 6.54 Å². The van der Waals surface area contributed by atoms with Crippen LogP contribution < -0.4 is 10.3 Å². The SMILES string of the molecule is COC(=O)c1cc([N+](=O)[O-])c(=O)n(Cc2ccc(Oc3ccccc3F)c(F)c2)c1. The molecule has 8 nitrogen and oxygen atoms in total. The van der Waals surface area contributed by atoms with Crippen molar-refractivity contribution in [3.05, 3.63) is 98.0 Å². The van der Waals surface area contributed by atoms with E-state index in [1.807, 2.05) is 0 Å². The fourth-order valence-corrected chi connectivity index (χ4v) is 2.67. The van der Waals surface area contributed by atoms with E-state index in [-0.39, 0.29) is 29.2 Å². The molecule has 0 bridgehead atoms. The van der Waals surface area contributed by atoms with Crippen LogP contribution in [-0.4, -0.2) is 22.6 Å². The van der Waals surface area contributed by atoms with Gasteiger partial charge in [0.05, 0.1) is 24.1 Å². The number of benzene rings is 2. The van der Waals surface area contributed by atoms with Gasteiger partial charge in [0.15, 0.2) is 23.1 Å². The van der Waals surface area contributed by atoms with E-state index in [2.05, 4.69) is 4.74 Å². The van der Waals surface area contributed by atoms with Crippen LogP contribution >= 0.6 is 0 Å². The van der Waals surface area contributed by atoms with Crippen LogP contribution in [0.1, 0.15) is 15.9 Å². The highest BCUT2D eigenvalue weighted by Gasteiger charge is 2.20. The molecule has 0 atom stereocenters. The molecule has 154 valence electrons. The van der Waals surface area contributed by atoms with Gasteiger partial charge in [-0.15, -0.1) is 0 Å². The topological polar surface area (TPSA) is 101 Å². The van der Waals surface area contributed by atoms with Crippen LogP contribution in [0, 0.1) is 21.7 Å². The molecule has 10 heteroatoms. The van der Waals surface area contributed by atoms with Gasteiger partial charge in [0, 0.05) is 12.3 Å². The summed E-state index contributed by atoms with van der Waals surface area (Å²) >= 11 is 0. The van der Waals surface area contributed by atoms with E-state index < -0.39 is 33.8 Å². The Balaban J connectivity index is 1.93. The number of carbonyl (C=O) groups is 1. The van der Waals surface area contributed by atoms with Crippen LogP contribution in [0.3, 0.4) is 0 Å². The average Bonchev–Trinajstić information content (AvgIpc) is 2.72. The molecule has 3 rings (SSSR count). The molecule has 30 heavy (non-hydrogen) atoms. The molecule has 0 spiro atoms. The van der Waals surface area contributed by atoms with E-state index >= 15 is 0 Å². The Morgan fingerprint density at radius 2 is 1.80 bits per heavy atom. The Kier molecular flexibility index (Phi) is 5.86. The first-order valence-corrected chi connectivity index (χ1v) is 8.48. The van der Waals surface area contributed by atoms with E-state index in [9.17, 15) is 28.5 Å². The molecule has 0 aliphatic carbocycles. The summed E-state index contributed by atoms with van der Waals surface area (Å²) in [5.41, 5.74) is -1.74. The molecule has 0 saturated heterocycles. The van der Waals surface area contributed by atoms with Crippen LogP contribution in [0.15, 0.2) is 59.5 Å². The van der Waals surface area contributed by atoms with Crippen LogP contribution in [0.4, 0.5) is 14.5 Å². The van der Waals surface area contributed by atoms with Crippen molar-refractivity contribution in [3.8, 4) is 11.5 Å². The van der Waals surface area contributed by atoms with Gasteiger partial charge in [-0.3, -0.25) is 14.9 Å². The molecule has 0 aliphatic heterocycles. The second-order valence-corrected chi connectivity index (χ2v) is 6.09. The van der Waals surface area contributed by atoms with Gasteiger partial charge in [0.1, 0.15) is 0 Å². The molecule has 0 N–H and O–H groups in total. The predicted molar refractivity (Wildman–Crippen MR) is 101 cm³/mol. The molecule has 0 amide bonds. The molecular weight excluding hydrogens is 402 g/mol. The molecule has 0 fully saturated rings. The summed E-state index contributed by atoms with van der Waals surface area (Å²) in [7, 11) is 1.09. The molecule has 0 radical (unpaired) electrons. The lowest BCUT2D eigenvalue weighted by Gasteiger charge is -2.11. The summed E-state index contributed by atoms with van der Waals surface area (Å²) in [6.07, 6.45) is 1.09. The van der Waals surface area contributed by atoms with Crippen molar-refractivity contribution in [2.75, 3.05) is 7.11 Å². The summed E-state index contributed by atoms with van der Waals surface area (Å²) in [6, 6.07) is 9.98. The Hall–Kier alpha value is -4.08. The number of rotatable bonds is 6. The first-order chi connectivity index (χ1) is 14.3. The van der Waals surface area contributed by atoms with Crippen molar-refractivity contribution >= 4 is 11.7 Å². The Labute approximate surface area is 168 Å². The second-order valence-electron chi connectivity index (χ2n) is 6.09. The van der Waals surface area contributed by atoms with Crippen LogP contribution in [0.5, 0.6) is 11.5 Å². The molecule has 0 saturated carbocycles. The normalized spacial score (nSPS) is 10.5. The number of carbonyl (C=O) groups excluding carboxylic acids is 1. The van der Waals surface area contributed by atoms with Gasteiger partial charge in [-0.1, -0.05) is 18.2 Å². The van der Waals surface area contributed by atoms with E-state index in [1.54, 1.807) is 0 Å². The monoisotopic (exact) mass is 416 g/mol. The lowest BCUT2D eigenvalue weighted by atomic mass is 10.2. The summed E-state index contributed by atoms with van der Waals surface area (Å²) in [5, 5.41) is 11.1. The Morgan fingerprint density at radius 3 is 2.43 bits per heavy atom. The van der Waals surface area contributed by atoms with Gasteiger partial charge in [0.25, 0.3) is 0 Å². The highest BCUT2D eigenvalue weighted by atomic mass is 19.1. The number of hydrogen-bond acceptors (Lipinski definition) is 6. The Bertz CT molecular complexity index is 1190. The number of aromatic nitrogens is 1. The number of hydrogen-bond donors (Lipinski definition) is 0. The number of methoxy groups -OCH3 is 1. The van der Waals surface area contributed by atoms with E-state index in [4.69, 9.17) is 4.74 Å². The maximum atomic E-state index is 14.4. The van der Waals surface area contributed by atoms with E-state index in [0.29, 0.717) is 0 Å². The van der Waals surface area contributed by atoms with Gasteiger partial charge in [0.2, 0.25) is 0 Å². The molecule has 1 heterocycles. The zero-order chi connectivity index (χ0) is 21.8. The van der Waals surface area contributed by atoms with Crippen LogP contribution in [0.25, 0.3) is 0 Å². The van der Waals surface area contributed by atoms with Crippen molar-refractivity contribution in [3.63, 3.8) is 0 Å². The lowest BCUT2D eigenvalue weighted by molar-refractivity contribution is -0.386. The predicted octanol–water partition coefficient (Wildman–Crippen LogP) is 3.66. The maximum Gasteiger partial charge on any atom is 0.339 e. The summed E-state index contributed by atoms with van der Waals surface area (Å²) in [6.45, 7) is -0.262. The second kappa shape index (κ2) is 8.52. The first-order valence-electron chi connectivity index (χ1n) is 8.48. The minimum absolute atomic E-state index is 0.165. The van der Waals surface area contributed by atoms with Crippen molar-refractivity contribution in [1.29, 1.82) is 0 Å². The van der Waals surface area contributed by atoms with Crippen LogP contribution in [-0.2, 0) is 11.3 Å². The molecule has 2 aromatic carbocycles. The number of ether oxygens (including phenoxy) is 2. The van der Waals surface area contributed by atoms with Crippen molar-refractivity contribution in [1.82, 2.24) is 4.57 Å². The van der Waals surface area contributed by atoms with Crippen molar-refractivity contribution < 1.29 is 28.0 Å². The zero-order valence-corrected chi connectivity index (χ0v) is 15.5. The highest BCUT2D eigenvalue weighted by Crippen LogP contribution is 2.27. The average molecular weight is 416 g/mol. The smallest absolute Gasteiger partial charge is 0.339 e. The molecule has 0 unspecified atom stereocenters. The summed E-state index contributed by atoms with van der Waals surface area (Å²) in [5.74, 6) is -2.78. The van der Waals surface area contributed by atoms with Gasteiger partial charge in [-0.05, 0) is 29.8 Å². The van der Waals surface area contributed by atoms with Gasteiger partial charge >= 0.3 is 17.2 Å². The number of esters is 1. The van der Waals surface area contributed by atoms with Gasteiger partial charge < -0.3 is 14.0 Å². The molecule has 0 aliphatic rings. The summed E-state index contributed by atoms with van der Waals surface area (Å²) < 4.78 is 38.7. The number of para-hydroxylation sites is 1. The first kappa shape index (κ1) is 20.6. The fraction of sp³-hybridized carbons (Fsp3) is 0.100. The minimum Gasteiger partial charge on any atom is -0.465 e. The summed E-state index contributed by atoms with van der Waals surface area (Å²) in [4.78, 5) is 34.3. The number of nitro groups is 1. The largest absolute Gasteiger partial charge is 0.465 e. The van der Waals surface area contributed by atoms with Crippen molar-refractivity contribution in [2.24, 2.45) is 0 Å². The van der Waals surface area contributed by atoms with Crippen LogP contribution in [0.2, 0.25) is 0 Å². The minimum atomic E-state index is -0.972. The van der Waals surface area contributed by atoms with Gasteiger partial charge in [-0.25, -0.2) is 13.6 Å². The van der Waals surface area contributed by atoms with E-state index in [0.717, 1.165) is 36.1 Å². The zero-order valence-electron chi connectivity index (χ0n) is 15.5. The lowest BCUT2D eigenvalue weighted by Crippen LogP contribution is -2.24. The third-order valence-electron chi connectivity index (χ3n) is 4.09. The third-order valence-corrected chi connectivity index (χ3v) is 4.09. The standard InChI is InChI=1S/C20H14F2N2O6/c1-29-20(26)13-9-16(24(27)28)19(25)23(11-13)10-12-6-7-18(15(22)8-12)30-17-5-3-2-4-14(17)21/h2-9,11H,10H2,1H3. The molecule has 3 aromatic rings. The fourth-order valence-electron chi connectivity index (χ4n) is 2.67. The van der Waals surface area contributed by atoms with E-state index in [1.165, 1.54) is 30.3 Å². The molecular formula is C20H14F2N2O6.